The molecule has 0 aliphatic rings. The SMILES string of the molecule is Cc1cc([N+](=O)[O-])c(OCC(C)C)cc1Br. The summed E-state index contributed by atoms with van der Waals surface area (Å²) in [6.07, 6.45) is 0. The van der Waals surface area contributed by atoms with Gasteiger partial charge in [-0.15, -0.1) is 0 Å². The maximum atomic E-state index is 10.8. The van der Waals surface area contributed by atoms with Gasteiger partial charge in [0.15, 0.2) is 5.75 Å². The molecule has 0 saturated heterocycles. The number of nitrogens with zero attached hydrogens (tertiary/aromatic N) is 1. The molecule has 1 rings (SSSR count). The number of rotatable bonds is 4. The lowest BCUT2D eigenvalue weighted by molar-refractivity contribution is -0.386. The maximum Gasteiger partial charge on any atom is 0.311 e. The van der Waals surface area contributed by atoms with Crippen molar-refractivity contribution in [2.45, 2.75) is 20.8 Å². The summed E-state index contributed by atoms with van der Waals surface area (Å²) in [6, 6.07) is 3.16. The van der Waals surface area contributed by atoms with E-state index in [1.54, 1.807) is 6.07 Å². The molecule has 0 heterocycles. The second-order valence-electron chi connectivity index (χ2n) is 4.03. The van der Waals surface area contributed by atoms with Crippen LogP contribution >= 0.6 is 15.9 Å². The molecule has 5 heteroatoms. The van der Waals surface area contributed by atoms with Gasteiger partial charge in [0, 0.05) is 16.6 Å². The first kappa shape index (κ1) is 13.0. The summed E-state index contributed by atoms with van der Waals surface area (Å²) < 4.78 is 6.24. The summed E-state index contributed by atoms with van der Waals surface area (Å²) in [5.74, 6) is 0.649. The number of hydrogen-bond donors (Lipinski definition) is 0. The summed E-state index contributed by atoms with van der Waals surface area (Å²) in [5.41, 5.74) is 0.838. The first-order valence-electron chi connectivity index (χ1n) is 4.99. The average molecular weight is 288 g/mol. The number of nitro groups is 1. The summed E-state index contributed by atoms with van der Waals surface area (Å²) in [4.78, 5) is 10.4. The van der Waals surface area contributed by atoms with Gasteiger partial charge < -0.3 is 4.74 Å². The van der Waals surface area contributed by atoms with E-state index in [4.69, 9.17) is 4.74 Å². The fraction of sp³-hybridized carbons (Fsp3) is 0.455. The Bertz CT molecular complexity index is 404. The van der Waals surface area contributed by atoms with Crippen LogP contribution < -0.4 is 4.74 Å². The van der Waals surface area contributed by atoms with E-state index < -0.39 is 4.92 Å². The van der Waals surface area contributed by atoms with E-state index in [9.17, 15) is 10.1 Å². The molecule has 0 atom stereocenters. The van der Waals surface area contributed by atoms with Crippen LogP contribution in [-0.4, -0.2) is 11.5 Å². The minimum Gasteiger partial charge on any atom is -0.487 e. The molecule has 4 nitrogen and oxygen atoms in total. The molecule has 0 bridgehead atoms. The zero-order valence-corrected chi connectivity index (χ0v) is 11.1. The van der Waals surface area contributed by atoms with Crippen molar-refractivity contribution in [3.63, 3.8) is 0 Å². The zero-order valence-electron chi connectivity index (χ0n) is 9.49. The summed E-state index contributed by atoms with van der Waals surface area (Å²) in [7, 11) is 0. The Kier molecular flexibility index (Phi) is 4.29. The molecule has 0 N–H and O–H groups in total. The standard InChI is InChI=1S/C11H14BrNO3/c1-7(2)6-16-11-5-9(12)8(3)4-10(11)13(14)15/h4-5,7H,6H2,1-3H3. The lowest BCUT2D eigenvalue weighted by atomic mass is 10.2. The maximum absolute atomic E-state index is 10.8. The highest BCUT2D eigenvalue weighted by atomic mass is 79.9. The number of benzene rings is 1. The zero-order chi connectivity index (χ0) is 12.3. The van der Waals surface area contributed by atoms with E-state index in [0.29, 0.717) is 18.3 Å². The lowest BCUT2D eigenvalue weighted by Crippen LogP contribution is -2.06. The number of nitro benzene ring substituents is 1. The van der Waals surface area contributed by atoms with Gasteiger partial charge >= 0.3 is 5.69 Å². The quantitative estimate of drug-likeness (QED) is 0.627. The van der Waals surface area contributed by atoms with E-state index in [-0.39, 0.29) is 5.69 Å². The second-order valence-corrected chi connectivity index (χ2v) is 4.89. The van der Waals surface area contributed by atoms with Gasteiger partial charge in [0.2, 0.25) is 0 Å². The first-order valence-corrected chi connectivity index (χ1v) is 5.78. The molecule has 0 spiro atoms. The molecule has 0 aromatic heterocycles. The Morgan fingerprint density at radius 3 is 2.62 bits per heavy atom. The Hall–Kier alpha value is -1.10. The minimum atomic E-state index is -0.422. The van der Waals surface area contributed by atoms with Crippen LogP contribution in [0.25, 0.3) is 0 Å². The molecule has 0 fully saturated rings. The third-order valence-corrected chi connectivity index (χ3v) is 2.86. The third kappa shape index (κ3) is 3.20. The molecule has 88 valence electrons. The smallest absolute Gasteiger partial charge is 0.311 e. The average Bonchev–Trinajstić information content (AvgIpc) is 2.18. The van der Waals surface area contributed by atoms with Crippen LogP contribution in [0.15, 0.2) is 16.6 Å². The molecule has 0 aliphatic heterocycles. The van der Waals surface area contributed by atoms with E-state index >= 15 is 0 Å². The predicted octanol–water partition coefficient (Wildman–Crippen LogP) is 3.70. The van der Waals surface area contributed by atoms with Crippen LogP contribution in [0, 0.1) is 23.0 Å². The Labute approximate surface area is 103 Å². The van der Waals surface area contributed by atoms with Crippen LogP contribution in [0.3, 0.4) is 0 Å². The Morgan fingerprint density at radius 1 is 1.50 bits per heavy atom. The van der Waals surface area contributed by atoms with Crippen molar-refractivity contribution < 1.29 is 9.66 Å². The fourth-order valence-electron chi connectivity index (χ4n) is 1.16. The van der Waals surface area contributed by atoms with E-state index in [1.165, 1.54) is 6.07 Å². The minimum absolute atomic E-state index is 0.0151. The molecule has 1 aromatic rings. The number of hydrogen-bond acceptors (Lipinski definition) is 3. The van der Waals surface area contributed by atoms with Crippen molar-refractivity contribution >= 4 is 21.6 Å². The molecule has 0 amide bonds. The fourth-order valence-corrected chi connectivity index (χ4v) is 1.49. The van der Waals surface area contributed by atoms with Crippen molar-refractivity contribution in [2.75, 3.05) is 6.61 Å². The van der Waals surface area contributed by atoms with Crippen molar-refractivity contribution in [1.29, 1.82) is 0 Å². The van der Waals surface area contributed by atoms with Gasteiger partial charge in [-0.25, -0.2) is 0 Å². The van der Waals surface area contributed by atoms with Crippen LogP contribution in [-0.2, 0) is 0 Å². The number of ether oxygens (including phenoxy) is 1. The highest BCUT2D eigenvalue weighted by molar-refractivity contribution is 9.10. The predicted molar refractivity (Wildman–Crippen MR) is 65.9 cm³/mol. The summed E-state index contributed by atoms with van der Waals surface area (Å²) >= 11 is 3.33. The van der Waals surface area contributed by atoms with Crippen LogP contribution in [0.4, 0.5) is 5.69 Å². The Balaban J connectivity index is 3.05. The van der Waals surface area contributed by atoms with E-state index in [1.807, 2.05) is 20.8 Å². The molecular formula is C11H14BrNO3. The van der Waals surface area contributed by atoms with Crippen LogP contribution in [0.5, 0.6) is 5.75 Å². The van der Waals surface area contributed by atoms with Crippen molar-refractivity contribution in [3.8, 4) is 5.75 Å². The Morgan fingerprint density at radius 2 is 2.12 bits per heavy atom. The van der Waals surface area contributed by atoms with E-state index in [0.717, 1.165) is 10.0 Å². The molecule has 0 radical (unpaired) electrons. The van der Waals surface area contributed by atoms with Crippen molar-refractivity contribution in [2.24, 2.45) is 5.92 Å². The monoisotopic (exact) mass is 287 g/mol. The largest absolute Gasteiger partial charge is 0.487 e. The second kappa shape index (κ2) is 5.30. The highest BCUT2D eigenvalue weighted by Gasteiger charge is 2.17. The molecule has 0 saturated carbocycles. The molecule has 0 aliphatic carbocycles. The van der Waals surface area contributed by atoms with Gasteiger partial charge in [-0.3, -0.25) is 10.1 Å². The molecular weight excluding hydrogens is 274 g/mol. The van der Waals surface area contributed by atoms with Gasteiger partial charge in [0.25, 0.3) is 0 Å². The first-order chi connectivity index (χ1) is 7.41. The van der Waals surface area contributed by atoms with E-state index in [2.05, 4.69) is 15.9 Å². The number of halogens is 1. The lowest BCUT2D eigenvalue weighted by Gasteiger charge is -2.10. The molecule has 0 unspecified atom stereocenters. The summed E-state index contributed by atoms with van der Waals surface area (Å²) in [5, 5.41) is 10.8. The van der Waals surface area contributed by atoms with Crippen LogP contribution in [0.2, 0.25) is 0 Å². The van der Waals surface area contributed by atoms with Gasteiger partial charge in [-0.1, -0.05) is 29.8 Å². The summed E-state index contributed by atoms with van der Waals surface area (Å²) in [6.45, 7) is 6.27. The van der Waals surface area contributed by atoms with Gasteiger partial charge in [-0.05, 0) is 18.4 Å². The third-order valence-electron chi connectivity index (χ3n) is 2.01. The highest BCUT2D eigenvalue weighted by Crippen LogP contribution is 2.33. The van der Waals surface area contributed by atoms with Crippen molar-refractivity contribution in [1.82, 2.24) is 0 Å². The topological polar surface area (TPSA) is 52.4 Å². The normalized spacial score (nSPS) is 10.6. The molecule has 16 heavy (non-hydrogen) atoms. The van der Waals surface area contributed by atoms with Gasteiger partial charge in [0.1, 0.15) is 0 Å². The van der Waals surface area contributed by atoms with Gasteiger partial charge in [0.05, 0.1) is 11.5 Å². The number of aryl methyl sites for hydroxylation is 1. The van der Waals surface area contributed by atoms with Gasteiger partial charge in [-0.2, -0.15) is 0 Å². The van der Waals surface area contributed by atoms with Crippen molar-refractivity contribution in [3.05, 3.63) is 32.3 Å². The van der Waals surface area contributed by atoms with Crippen LogP contribution in [0.1, 0.15) is 19.4 Å². The molecule has 1 aromatic carbocycles.